The minimum absolute atomic E-state index is 0.294. The first kappa shape index (κ1) is 15.4. The molecule has 1 atom stereocenters. The molecule has 0 amide bonds. The molecule has 1 aromatic rings. The summed E-state index contributed by atoms with van der Waals surface area (Å²) in [6.45, 7) is 9.15. The molecule has 0 bridgehead atoms. The Balaban J connectivity index is 1.88. The Kier molecular flexibility index (Phi) is 4.50. The first-order chi connectivity index (χ1) is 9.83. The molecule has 0 fully saturated rings. The zero-order chi connectivity index (χ0) is 15.5. The maximum atomic E-state index is 11.9. The molecule has 0 aromatic heterocycles. The van der Waals surface area contributed by atoms with Crippen molar-refractivity contribution in [2.45, 2.75) is 45.9 Å². The molecule has 1 aliphatic heterocycles. The number of hydrogen-bond acceptors (Lipinski definition) is 5. The van der Waals surface area contributed by atoms with Gasteiger partial charge in [-0.1, -0.05) is 12.1 Å². The van der Waals surface area contributed by atoms with Crippen molar-refractivity contribution in [3.05, 3.63) is 35.4 Å². The minimum atomic E-state index is -0.472. The van der Waals surface area contributed by atoms with Crippen LogP contribution in [0.5, 0.6) is 0 Å². The molecule has 0 saturated heterocycles. The Morgan fingerprint density at radius 1 is 1.38 bits per heavy atom. The van der Waals surface area contributed by atoms with Crippen LogP contribution in [-0.4, -0.2) is 30.1 Å². The molecular weight excluding hydrogens is 266 g/mol. The smallest absolute Gasteiger partial charge is 0.338 e. The minimum Gasteiger partial charge on any atom is -0.456 e. The topological polar surface area (TPSA) is 62.7 Å². The van der Waals surface area contributed by atoms with Crippen molar-refractivity contribution in [2.24, 2.45) is 4.99 Å². The number of carbonyl (C=O) groups excluding carboxylic acids is 1. The molecule has 21 heavy (non-hydrogen) atoms. The van der Waals surface area contributed by atoms with Crippen LogP contribution in [-0.2, 0) is 11.3 Å². The third-order valence-electron chi connectivity index (χ3n) is 2.95. The first-order valence-electron chi connectivity index (χ1n) is 7.20. The summed E-state index contributed by atoms with van der Waals surface area (Å²) in [6.07, 6.45) is 0. The number of rotatable bonds is 3. The Morgan fingerprint density at radius 2 is 2.05 bits per heavy atom. The van der Waals surface area contributed by atoms with E-state index in [0.717, 1.165) is 18.1 Å². The summed E-state index contributed by atoms with van der Waals surface area (Å²) in [5.74, 6) is 0.538. The first-order valence-corrected chi connectivity index (χ1v) is 7.20. The van der Waals surface area contributed by atoms with Gasteiger partial charge in [0.2, 0.25) is 0 Å². The number of nitrogens with one attached hydrogen (secondary N) is 2. The number of carbonyl (C=O) groups is 1. The second kappa shape index (κ2) is 6.16. The van der Waals surface area contributed by atoms with Crippen molar-refractivity contribution in [1.29, 1.82) is 0 Å². The molecule has 2 N–H and O–H groups in total. The summed E-state index contributed by atoms with van der Waals surface area (Å²) < 4.78 is 5.33. The van der Waals surface area contributed by atoms with Crippen LogP contribution in [0.4, 0.5) is 0 Å². The summed E-state index contributed by atoms with van der Waals surface area (Å²) in [5.41, 5.74) is 1.19. The highest BCUT2D eigenvalue weighted by Gasteiger charge is 2.17. The molecule has 1 aromatic carbocycles. The number of hydrogen-bond donors (Lipinski definition) is 2. The Morgan fingerprint density at radius 3 is 2.57 bits per heavy atom. The van der Waals surface area contributed by atoms with Gasteiger partial charge in [-0.15, -0.1) is 0 Å². The third-order valence-corrected chi connectivity index (χ3v) is 2.95. The maximum Gasteiger partial charge on any atom is 0.338 e. The van der Waals surface area contributed by atoms with Crippen molar-refractivity contribution >= 4 is 11.9 Å². The largest absolute Gasteiger partial charge is 0.456 e. The molecule has 0 aliphatic carbocycles. The predicted octanol–water partition coefficient (Wildman–Crippen LogP) is 2.08. The summed E-state index contributed by atoms with van der Waals surface area (Å²) in [5, 5.41) is 6.48. The van der Waals surface area contributed by atoms with Crippen molar-refractivity contribution in [3.8, 4) is 0 Å². The molecular formula is C16H23N3O2. The van der Waals surface area contributed by atoms with Crippen LogP contribution in [0.2, 0.25) is 0 Å². The highest BCUT2D eigenvalue weighted by Crippen LogP contribution is 2.13. The average molecular weight is 289 g/mol. The van der Waals surface area contributed by atoms with E-state index in [2.05, 4.69) is 22.5 Å². The number of aliphatic imine (C=N–C) groups is 1. The molecule has 5 heteroatoms. The van der Waals surface area contributed by atoms with Gasteiger partial charge in [-0.05, 0) is 45.4 Å². The number of benzene rings is 1. The fraction of sp³-hybridized carbons (Fsp3) is 0.500. The molecule has 1 unspecified atom stereocenters. The van der Waals surface area contributed by atoms with E-state index in [1.807, 2.05) is 32.9 Å². The zero-order valence-electron chi connectivity index (χ0n) is 13.1. The lowest BCUT2D eigenvalue weighted by atomic mass is 10.1. The molecule has 0 saturated carbocycles. The number of ether oxygens (including phenoxy) is 1. The van der Waals surface area contributed by atoms with E-state index in [0.29, 0.717) is 18.2 Å². The Bertz CT molecular complexity index is 529. The highest BCUT2D eigenvalue weighted by atomic mass is 16.6. The molecule has 2 rings (SSSR count). The number of esters is 1. The fourth-order valence-corrected chi connectivity index (χ4v) is 1.94. The lowest BCUT2D eigenvalue weighted by Gasteiger charge is -2.19. The lowest BCUT2D eigenvalue weighted by molar-refractivity contribution is 0.00695. The van der Waals surface area contributed by atoms with Crippen LogP contribution in [0.15, 0.2) is 29.3 Å². The summed E-state index contributed by atoms with van der Waals surface area (Å²) in [6, 6.07) is 7.81. The predicted molar refractivity (Wildman–Crippen MR) is 83.3 cm³/mol. The van der Waals surface area contributed by atoms with Crippen LogP contribution in [0.25, 0.3) is 0 Å². The average Bonchev–Trinajstić information content (AvgIpc) is 2.81. The monoisotopic (exact) mass is 289 g/mol. The van der Waals surface area contributed by atoms with E-state index in [1.165, 1.54) is 0 Å². The van der Waals surface area contributed by atoms with E-state index in [1.54, 1.807) is 12.1 Å². The molecule has 5 nitrogen and oxygen atoms in total. The summed E-state index contributed by atoms with van der Waals surface area (Å²) in [7, 11) is 0. The van der Waals surface area contributed by atoms with E-state index in [4.69, 9.17) is 4.74 Å². The van der Waals surface area contributed by atoms with Gasteiger partial charge in [-0.3, -0.25) is 4.99 Å². The van der Waals surface area contributed by atoms with Crippen molar-refractivity contribution < 1.29 is 9.53 Å². The second-order valence-corrected chi connectivity index (χ2v) is 6.29. The van der Waals surface area contributed by atoms with Gasteiger partial charge < -0.3 is 15.4 Å². The van der Waals surface area contributed by atoms with Crippen molar-refractivity contribution in [2.75, 3.05) is 6.54 Å². The SMILES string of the molecule is CC1CN=C(NCc2ccc(C(=O)OC(C)(C)C)cc2)N1. The summed E-state index contributed by atoms with van der Waals surface area (Å²) >= 11 is 0. The van der Waals surface area contributed by atoms with E-state index < -0.39 is 5.60 Å². The van der Waals surface area contributed by atoms with E-state index in [-0.39, 0.29) is 5.97 Å². The second-order valence-electron chi connectivity index (χ2n) is 6.29. The molecule has 1 heterocycles. The van der Waals surface area contributed by atoms with Gasteiger partial charge >= 0.3 is 5.97 Å². The lowest BCUT2D eigenvalue weighted by Crippen LogP contribution is -2.37. The number of nitrogens with zero attached hydrogens (tertiary/aromatic N) is 1. The van der Waals surface area contributed by atoms with Gasteiger partial charge in [0.25, 0.3) is 0 Å². The molecule has 0 spiro atoms. The van der Waals surface area contributed by atoms with Gasteiger partial charge in [-0.2, -0.15) is 0 Å². The van der Waals surface area contributed by atoms with Crippen molar-refractivity contribution in [3.63, 3.8) is 0 Å². The fourth-order valence-electron chi connectivity index (χ4n) is 1.94. The van der Waals surface area contributed by atoms with Crippen LogP contribution >= 0.6 is 0 Å². The molecule has 0 radical (unpaired) electrons. The van der Waals surface area contributed by atoms with Crippen molar-refractivity contribution in [1.82, 2.24) is 10.6 Å². The van der Waals surface area contributed by atoms with Gasteiger partial charge in [0.15, 0.2) is 5.96 Å². The van der Waals surface area contributed by atoms with Crippen LogP contribution in [0, 0.1) is 0 Å². The molecule has 114 valence electrons. The standard InChI is InChI=1S/C16H23N3O2/c1-11-9-17-15(19-11)18-10-12-5-7-13(8-6-12)14(20)21-16(2,3)4/h5-8,11H,9-10H2,1-4H3,(H2,17,18,19). The van der Waals surface area contributed by atoms with Gasteiger partial charge in [0, 0.05) is 12.6 Å². The summed E-state index contributed by atoms with van der Waals surface area (Å²) in [4.78, 5) is 16.2. The highest BCUT2D eigenvalue weighted by molar-refractivity contribution is 5.89. The quantitative estimate of drug-likeness (QED) is 0.836. The van der Waals surface area contributed by atoms with Gasteiger partial charge in [-0.25, -0.2) is 4.79 Å². The van der Waals surface area contributed by atoms with Gasteiger partial charge in [0.1, 0.15) is 5.60 Å². The van der Waals surface area contributed by atoms with Crippen LogP contribution < -0.4 is 10.6 Å². The molecule has 1 aliphatic rings. The van der Waals surface area contributed by atoms with Crippen LogP contribution in [0.1, 0.15) is 43.6 Å². The third kappa shape index (κ3) is 4.77. The zero-order valence-corrected chi connectivity index (χ0v) is 13.1. The van der Waals surface area contributed by atoms with E-state index in [9.17, 15) is 4.79 Å². The normalized spacial score (nSPS) is 17.9. The number of guanidine groups is 1. The Hall–Kier alpha value is -2.04. The van der Waals surface area contributed by atoms with Crippen LogP contribution in [0.3, 0.4) is 0 Å². The maximum absolute atomic E-state index is 11.9. The Labute approximate surface area is 125 Å². The van der Waals surface area contributed by atoms with Gasteiger partial charge in [0.05, 0.1) is 12.1 Å². The van der Waals surface area contributed by atoms with E-state index >= 15 is 0 Å².